The molecule has 0 atom stereocenters. The maximum Gasteiger partial charge on any atom is 0.187 e. The molecule has 0 rings (SSSR count). The van der Waals surface area contributed by atoms with Gasteiger partial charge in [-0.1, -0.05) is 0 Å². The number of aliphatic hydroxyl groups is 1. The van der Waals surface area contributed by atoms with Crippen LogP contribution in [0.3, 0.4) is 0 Å². The fourth-order valence-electron chi connectivity index (χ4n) is 0.0598. The first kappa shape index (κ1) is 9.92. The summed E-state index contributed by atoms with van der Waals surface area (Å²) in [6.45, 7) is 0.212. The molecule has 38 valence electrons. The lowest BCUT2D eigenvalue weighted by Gasteiger charge is -1.77. The van der Waals surface area contributed by atoms with Crippen LogP contribution in [0.15, 0.2) is 0 Å². The summed E-state index contributed by atoms with van der Waals surface area (Å²) < 4.78 is 0. The molecule has 0 unspecified atom stereocenters. The molecule has 6 heavy (non-hydrogen) atoms. The van der Waals surface area contributed by atoms with Crippen molar-refractivity contribution in [1.82, 2.24) is 0 Å². The van der Waals surface area contributed by atoms with Crippen LogP contribution in [0.4, 0.5) is 0 Å². The smallest absolute Gasteiger partial charge is 0.187 e. The molecule has 0 aliphatic heterocycles. The fraction of sp³-hybridized carbons (Fsp3) is 1.00. The van der Waals surface area contributed by atoms with Crippen molar-refractivity contribution >= 4 is 29.0 Å². The van der Waals surface area contributed by atoms with Crippen molar-refractivity contribution < 1.29 is 5.11 Å². The van der Waals surface area contributed by atoms with E-state index < -0.39 is 0 Å². The maximum atomic E-state index is 7.98. The van der Waals surface area contributed by atoms with Crippen molar-refractivity contribution in [2.24, 2.45) is 0 Å². The van der Waals surface area contributed by atoms with Crippen LogP contribution in [0.5, 0.6) is 0 Å². The van der Waals surface area contributed by atoms with Gasteiger partial charge in [-0.25, -0.2) is 0 Å². The Morgan fingerprint density at radius 1 is 1.50 bits per heavy atom. The number of hydrogen-bond acceptors (Lipinski definition) is 1. The molecule has 1 nitrogen and oxygen atoms in total. The van der Waals surface area contributed by atoms with Gasteiger partial charge >= 0.3 is 0 Å². The maximum absolute atomic E-state index is 7.98. The molecule has 0 aromatic rings. The van der Waals surface area contributed by atoms with Gasteiger partial charge in [0.05, 0.1) is 0 Å². The van der Waals surface area contributed by atoms with Crippen molar-refractivity contribution in [2.45, 2.75) is 6.42 Å². The van der Waals surface area contributed by atoms with E-state index in [9.17, 15) is 0 Å². The second-order valence-corrected chi connectivity index (χ2v) is 1.14. The first-order chi connectivity index (χ1) is 2.41. The number of rotatable bonds is 2. The lowest BCUT2D eigenvalue weighted by molar-refractivity contribution is 0.296. The van der Waals surface area contributed by atoms with Gasteiger partial charge in [-0.05, 0) is 6.42 Å². The Morgan fingerprint density at radius 3 is 2.00 bits per heavy atom. The van der Waals surface area contributed by atoms with E-state index in [4.69, 9.17) is 16.7 Å². The van der Waals surface area contributed by atoms with E-state index in [2.05, 4.69) is 0 Å². The van der Waals surface area contributed by atoms with E-state index >= 15 is 0 Å². The molecule has 0 amide bonds. The second kappa shape index (κ2) is 9.24. The molecule has 0 radical (unpaired) electrons. The zero-order valence-corrected chi connectivity index (χ0v) is 3.70. The minimum Gasteiger partial charge on any atom is -0.396 e. The Kier molecular flexibility index (Phi) is 15.3. The van der Waals surface area contributed by atoms with Crippen LogP contribution in [0, 0.1) is 0 Å². The quantitative estimate of drug-likeness (QED) is 0.386. The highest BCUT2D eigenvalue weighted by atomic mass is 35.5. The summed E-state index contributed by atoms with van der Waals surface area (Å²) in [6, 6.07) is 0. The minimum absolute atomic E-state index is 0. The molecule has 0 spiro atoms. The van der Waals surface area contributed by atoms with Crippen LogP contribution >= 0.6 is 11.6 Å². The van der Waals surface area contributed by atoms with Gasteiger partial charge in [-0.2, -0.15) is 0 Å². The topological polar surface area (TPSA) is 20.2 Å². The van der Waals surface area contributed by atoms with Crippen molar-refractivity contribution in [1.29, 1.82) is 0 Å². The average Bonchev–Trinajstić information content (AvgIpc) is 1.41. The minimum atomic E-state index is 0. The van der Waals surface area contributed by atoms with E-state index in [1.54, 1.807) is 0 Å². The van der Waals surface area contributed by atoms with Crippen LogP contribution < -0.4 is 0 Å². The Bertz CT molecular complexity index is 18.3. The van der Waals surface area contributed by atoms with Crippen LogP contribution in [0.25, 0.3) is 0 Å². The first-order valence-electron chi connectivity index (χ1n) is 1.58. The number of aliphatic hydroxyl groups excluding tert-OH is 1. The molecule has 0 fully saturated rings. The van der Waals surface area contributed by atoms with E-state index in [1.807, 2.05) is 0 Å². The predicted molar refractivity (Wildman–Crippen MR) is 32.4 cm³/mol. The molecule has 0 aliphatic carbocycles. The van der Waals surface area contributed by atoms with Gasteiger partial charge in [0.25, 0.3) is 0 Å². The van der Waals surface area contributed by atoms with Crippen LogP contribution in [0.1, 0.15) is 6.42 Å². The van der Waals surface area contributed by atoms with E-state index in [1.165, 1.54) is 0 Å². The molecular weight excluding hydrogens is 114 g/mol. The molecule has 0 aromatic heterocycles. The fourth-order valence-corrected chi connectivity index (χ4v) is 0.179. The molecule has 0 aromatic carbocycles. The molecule has 1 N–H and O–H groups in total. The molecule has 0 saturated carbocycles. The molecule has 0 heterocycles. The molecule has 0 bridgehead atoms. The Morgan fingerprint density at radius 2 is 2.00 bits per heavy atom. The summed E-state index contributed by atoms with van der Waals surface area (Å²) in [5, 5.41) is 7.98. The lowest BCUT2D eigenvalue weighted by atomic mass is 10.5. The van der Waals surface area contributed by atoms with Crippen molar-refractivity contribution in [3.05, 3.63) is 0 Å². The normalized spacial score (nSPS) is 7.00. The van der Waals surface area contributed by atoms with E-state index in [0.29, 0.717) is 12.3 Å². The highest BCUT2D eigenvalue weighted by Gasteiger charge is 1.71. The monoisotopic (exact) mass is 124 g/mol. The SMILES string of the molecule is OCCCCl.[AlH3]. The number of hydrogen-bond donors (Lipinski definition) is 1. The third-order valence-corrected chi connectivity index (χ3v) is 0.559. The van der Waals surface area contributed by atoms with E-state index in [0.717, 1.165) is 0 Å². The van der Waals surface area contributed by atoms with Crippen LogP contribution in [-0.2, 0) is 0 Å². The Hall–Kier alpha value is 0.782. The molecule has 3 heteroatoms. The van der Waals surface area contributed by atoms with Crippen molar-refractivity contribution in [3.63, 3.8) is 0 Å². The van der Waals surface area contributed by atoms with Gasteiger partial charge in [-0.15, -0.1) is 11.6 Å². The van der Waals surface area contributed by atoms with Gasteiger partial charge in [-0.3, -0.25) is 0 Å². The van der Waals surface area contributed by atoms with Gasteiger partial charge < -0.3 is 5.11 Å². The number of alkyl halides is 1. The van der Waals surface area contributed by atoms with Gasteiger partial charge in [0.2, 0.25) is 0 Å². The standard InChI is InChI=1S/C3H7ClO.Al.3H/c4-2-1-3-5;;;;/h5H,1-3H2;;;;. The third kappa shape index (κ3) is 8.84. The first-order valence-corrected chi connectivity index (χ1v) is 2.12. The second-order valence-electron chi connectivity index (χ2n) is 0.766. The van der Waals surface area contributed by atoms with Crippen molar-refractivity contribution in [2.75, 3.05) is 12.5 Å². The summed E-state index contributed by atoms with van der Waals surface area (Å²) in [5.74, 6) is 0.566. The molecular formula is C3H10AlClO. The number of halogens is 1. The zero-order chi connectivity index (χ0) is 4.12. The van der Waals surface area contributed by atoms with Crippen molar-refractivity contribution in [3.8, 4) is 0 Å². The van der Waals surface area contributed by atoms with Gasteiger partial charge in [0.15, 0.2) is 17.4 Å². The summed E-state index contributed by atoms with van der Waals surface area (Å²) in [7, 11) is 0. The third-order valence-electron chi connectivity index (χ3n) is 0.292. The summed E-state index contributed by atoms with van der Waals surface area (Å²) in [5.41, 5.74) is 0. The predicted octanol–water partition coefficient (Wildman–Crippen LogP) is -0.576. The Balaban J connectivity index is 0. The highest BCUT2D eigenvalue weighted by molar-refractivity contribution is 6.17. The largest absolute Gasteiger partial charge is 0.396 e. The highest BCUT2D eigenvalue weighted by Crippen LogP contribution is 1.77. The molecule has 0 saturated heterocycles. The van der Waals surface area contributed by atoms with Gasteiger partial charge in [0.1, 0.15) is 0 Å². The van der Waals surface area contributed by atoms with Gasteiger partial charge in [0, 0.05) is 12.5 Å². The van der Waals surface area contributed by atoms with Crippen LogP contribution in [-0.4, -0.2) is 35.0 Å². The summed E-state index contributed by atoms with van der Waals surface area (Å²) >= 11 is 5.14. The molecule has 0 aliphatic rings. The Labute approximate surface area is 53.4 Å². The zero-order valence-electron chi connectivity index (χ0n) is 2.95. The summed E-state index contributed by atoms with van der Waals surface area (Å²) in [4.78, 5) is 0. The van der Waals surface area contributed by atoms with Crippen LogP contribution in [0.2, 0.25) is 0 Å². The average molecular weight is 125 g/mol. The summed E-state index contributed by atoms with van der Waals surface area (Å²) in [6.07, 6.45) is 0.710. The lowest BCUT2D eigenvalue weighted by Crippen LogP contribution is -1.79. The van der Waals surface area contributed by atoms with E-state index in [-0.39, 0.29) is 24.0 Å².